The van der Waals surface area contributed by atoms with Crippen molar-refractivity contribution >= 4 is 21.6 Å². The Hall–Kier alpha value is -0.610. The first kappa shape index (κ1) is 11.9. The van der Waals surface area contributed by atoms with E-state index in [4.69, 9.17) is 0 Å². The van der Waals surface area contributed by atoms with Crippen LogP contribution in [0.15, 0.2) is 22.9 Å². The molecule has 4 heteroatoms. The molecule has 0 unspecified atom stereocenters. The summed E-state index contributed by atoms with van der Waals surface area (Å²) in [6.45, 7) is 5.81. The van der Waals surface area contributed by atoms with Crippen molar-refractivity contribution in [2.24, 2.45) is 0 Å². The quantitative estimate of drug-likeness (QED) is 0.865. The van der Waals surface area contributed by atoms with Gasteiger partial charge in [-0.25, -0.2) is 4.98 Å². The van der Waals surface area contributed by atoms with E-state index < -0.39 is 0 Å². The lowest BCUT2D eigenvalue weighted by Crippen LogP contribution is -2.38. The highest BCUT2D eigenvalue weighted by Crippen LogP contribution is 2.17. The minimum absolute atomic E-state index is 0.603. The number of pyridine rings is 1. The zero-order valence-corrected chi connectivity index (χ0v) is 11.2. The minimum Gasteiger partial charge on any atom is -0.381 e. The first-order chi connectivity index (χ1) is 7.78. The van der Waals surface area contributed by atoms with Gasteiger partial charge in [0.25, 0.3) is 0 Å². The van der Waals surface area contributed by atoms with Crippen LogP contribution in [0.5, 0.6) is 0 Å². The third kappa shape index (κ3) is 3.19. The molecule has 1 N–H and O–H groups in total. The molecule has 3 nitrogen and oxygen atoms in total. The van der Waals surface area contributed by atoms with Crippen molar-refractivity contribution in [1.82, 2.24) is 9.88 Å². The molecule has 0 spiro atoms. The summed E-state index contributed by atoms with van der Waals surface area (Å²) in [5.41, 5.74) is 1.12. The number of rotatable bonds is 3. The smallest absolute Gasteiger partial charge is 0.106 e. The Labute approximate surface area is 105 Å². The third-order valence-corrected chi connectivity index (χ3v) is 3.60. The number of nitrogens with zero attached hydrogens (tertiary/aromatic N) is 2. The molecule has 0 aliphatic carbocycles. The van der Waals surface area contributed by atoms with E-state index in [-0.39, 0.29) is 0 Å². The average molecular weight is 284 g/mol. The molecule has 1 aromatic heterocycles. The van der Waals surface area contributed by atoms with Crippen molar-refractivity contribution in [2.75, 3.05) is 25.0 Å². The molecule has 0 atom stereocenters. The number of nitrogens with one attached hydrogen (secondary N) is 1. The van der Waals surface area contributed by atoms with Gasteiger partial charge in [-0.15, -0.1) is 0 Å². The van der Waals surface area contributed by atoms with Gasteiger partial charge in [0, 0.05) is 19.1 Å². The fraction of sp³-hybridized carbons (Fsp3) is 0.583. The molecular formula is C12H18BrN3. The van der Waals surface area contributed by atoms with Gasteiger partial charge in [0.15, 0.2) is 0 Å². The van der Waals surface area contributed by atoms with E-state index >= 15 is 0 Å². The number of hydrogen-bond donors (Lipinski definition) is 1. The van der Waals surface area contributed by atoms with Crippen molar-refractivity contribution in [3.05, 3.63) is 22.9 Å². The molecule has 2 heterocycles. The zero-order chi connectivity index (χ0) is 11.4. The second kappa shape index (κ2) is 5.64. The van der Waals surface area contributed by atoms with Gasteiger partial charge in [-0.2, -0.15) is 0 Å². The highest BCUT2D eigenvalue weighted by Gasteiger charge is 2.17. The summed E-state index contributed by atoms with van der Waals surface area (Å²) in [6.07, 6.45) is 4.34. The van der Waals surface area contributed by atoms with Crippen LogP contribution in [0.2, 0.25) is 0 Å². The lowest BCUT2D eigenvalue weighted by atomic mass is 10.0. The lowest BCUT2D eigenvalue weighted by Gasteiger charge is -2.31. The van der Waals surface area contributed by atoms with Crippen LogP contribution in [0, 0.1) is 0 Å². The maximum atomic E-state index is 4.22. The molecular weight excluding hydrogens is 266 g/mol. The van der Waals surface area contributed by atoms with Gasteiger partial charge >= 0.3 is 0 Å². The number of piperidine rings is 1. The Bertz CT molecular complexity index is 318. The summed E-state index contributed by atoms with van der Waals surface area (Å²) in [6, 6.07) is 4.65. The summed E-state index contributed by atoms with van der Waals surface area (Å²) in [4.78, 5) is 6.72. The number of hydrogen-bond acceptors (Lipinski definition) is 3. The Balaban J connectivity index is 1.84. The number of likely N-dealkylation sites (tertiary alicyclic amines) is 1. The first-order valence-corrected chi connectivity index (χ1v) is 6.67. The molecule has 2 rings (SSSR count). The average Bonchev–Trinajstić information content (AvgIpc) is 2.33. The van der Waals surface area contributed by atoms with E-state index in [0.29, 0.717) is 6.04 Å². The van der Waals surface area contributed by atoms with Crippen LogP contribution in [0.4, 0.5) is 5.69 Å². The van der Waals surface area contributed by atoms with Gasteiger partial charge in [-0.3, -0.25) is 0 Å². The van der Waals surface area contributed by atoms with Crippen LogP contribution in [0.25, 0.3) is 0 Å². The topological polar surface area (TPSA) is 28.2 Å². The van der Waals surface area contributed by atoms with E-state index in [1.165, 1.54) is 32.5 Å². The normalized spacial score (nSPS) is 18.6. The fourth-order valence-corrected chi connectivity index (χ4v) is 2.32. The Kier molecular flexibility index (Phi) is 4.18. The van der Waals surface area contributed by atoms with Crippen molar-refractivity contribution in [3.63, 3.8) is 0 Å². The highest BCUT2D eigenvalue weighted by atomic mass is 79.9. The summed E-state index contributed by atoms with van der Waals surface area (Å²) >= 11 is 3.34. The minimum atomic E-state index is 0.603. The Morgan fingerprint density at radius 2 is 2.19 bits per heavy atom. The first-order valence-electron chi connectivity index (χ1n) is 5.88. The standard InChI is InChI=1S/C12H18BrN3/c1-2-16-7-5-10(6-8-16)15-11-3-4-12(13)14-9-11/h3-4,9-10,15H,2,5-8H2,1H3. The van der Waals surface area contributed by atoms with Crippen LogP contribution < -0.4 is 5.32 Å². The molecule has 88 valence electrons. The summed E-state index contributed by atoms with van der Waals surface area (Å²) in [5.74, 6) is 0. The van der Waals surface area contributed by atoms with E-state index in [0.717, 1.165) is 10.3 Å². The molecule has 0 aromatic carbocycles. The van der Waals surface area contributed by atoms with Gasteiger partial charge < -0.3 is 10.2 Å². The Morgan fingerprint density at radius 1 is 1.44 bits per heavy atom. The van der Waals surface area contributed by atoms with Crippen LogP contribution in [0.1, 0.15) is 19.8 Å². The molecule has 1 fully saturated rings. The van der Waals surface area contributed by atoms with Crippen molar-refractivity contribution in [3.8, 4) is 0 Å². The lowest BCUT2D eigenvalue weighted by molar-refractivity contribution is 0.229. The molecule has 0 bridgehead atoms. The number of aromatic nitrogens is 1. The predicted molar refractivity (Wildman–Crippen MR) is 70.7 cm³/mol. The summed E-state index contributed by atoms with van der Waals surface area (Å²) in [5, 5.41) is 3.54. The van der Waals surface area contributed by atoms with Crippen LogP contribution in [-0.2, 0) is 0 Å². The van der Waals surface area contributed by atoms with Gasteiger partial charge in [0.2, 0.25) is 0 Å². The molecule has 1 saturated heterocycles. The molecule has 0 amide bonds. The molecule has 0 radical (unpaired) electrons. The zero-order valence-electron chi connectivity index (χ0n) is 9.62. The summed E-state index contributed by atoms with van der Waals surface area (Å²) in [7, 11) is 0. The number of anilines is 1. The Morgan fingerprint density at radius 3 is 2.75 bits per heavy atom. The van der Waals surface area contributed by atoms with E-state index in [1.807, 2.05) is 12.3 Å². The van der Waals surface area contributed by atoms with Gasteiger partial charge in [0.05, 0.1) is 11.9 Å². The largest absolute Gasteiger partial charge is 0.381 e. The molecule has 1 aromatic rings. The van der Waals surface area contributed by atoms with E-state index in [9.17, 15) is 0 Å². The number of halogens is 1. The van der Waals surface area contributed by atoms with E-state index in [1.54, 1.807) is 0 Å². The van der Waals surface area contributed by atoms with Crippen LogP contribution in [-0.4, -0.2) is 35.6 Å². The van der Waals surface area contributed by atoms with Crippen molar-refractivity contribution in [2.45, 2.75) is 25.8 Å². The molecule has 1 aliphatic rings. The maximum absolute atomic E-state index is 4.22. The van der Waals surface area contributed by atoms with Crippen molar-refractivity contribution in [1.29, 1.82) is 0 Å². The van der Waals surface area contributed by atoms with E-state index in [2.05, 4.69) is 44.1 Å². The van der Waals surface area contributed by atoms with Crippen LogP contribution in [0.3, 0.4) is 0 Å². The van der Waals surface area contributed by atoms with Crippen molar-refractivity contribution < 1.29 is 0 Å². The van der Waals surface area contributed by atoms with Gasteiger partial charge in [-0.1, -0.05) is 6.92 Å². The third-order valence-electron chi connectivity index (χ3n) is 3.13. The predicted octanol–water partition coefficient (Wildman–Crippen LogP) is 2.74. The van der Waals surface area contributed by atoms with Gasteiger partial charge in [-0.05, 0) is 47.4 Å². The molecule has 1 aliphatic heterocycles. The monoisotopic (exact) mass is 283 g/mol. The van der Waals surface area contributed by atoms with Gasteiger partial charge in [0.1, 0.15) is 4.60 Å². The second-order valence-corrected chi connectivity index (χ2v) is 5.03. The summed E-state index contributed by atoms with van der Waals surface area (Å²) < 4.78 is 0.888. The van der Waals surface area contributed by atoms with Crippen LogP contribution >= 0.6 is 15.9 Å². The molecule has 16 heavy (non-hydrogen) atoms. The SMILES string of the molecule is CCN1CCC(Nc2ccc(Br)nc2)CC1. The fourth-order valence-electron chi connectivity index (χ4n) is 2.09. The maximum Gasteiger partial charge on any atom is 0.106 e. The molecule has 0 saturated carbocycles. The second-order valence-electron chi connectivity index (χ2n) is 4.22. The highest BCUT2D eigenvalue weighted by molar-refractivity contribution is 9.10.